The van der Waals surface area contributed by atoms with E-state index in [9.17, 15) is 53.5 Å². The van der Waals surface area contributed by atoms with Crippen molar-refractivity contribution in [3.8, 4) is 0 Å². The molecule has 0 saturated heterocycles. The van der Waals surface area contributed by atoms with Gasteiger partial charge in [0.25, 0.3) is 12.9 Å². The standard InChI is InChI=1S/C8H4F10O4/c9-1(3(11)12)7(15,16)5(19)21-22-6(20)8(17,18)2(10)4(13)14/h1-4H. The second kappa shape index (κ2) is 7.00. The first-order chi connectivity index (χ1) is 9.76. The quantitative estimate of drug-likeness (QED) is 0.418. The van der Waals surface area contributed by atoms with Crippen molar-refractivity contribution >= 4 is 11.9 Å². The average molecular weight is 354 g/mol. The highest BCUT2D eigenvalue weighted by Crippen LogP contribution is 2.30. The summed E-state index contributed by atoms with van der Waals surface area (Å²) in [7, 11) is 0. The molecule has 0 aromatic carbocycles. The fourth-order valence-electron chi connectivity index (χ4n) is 0.728. The molecule has 0 bridgehead atoms. The van der Waals surface area contributed by atoms with Crippen LogP contribution in [0.1, 0.15) is 0 Å². The molecule has 0 aromatic rings. The van der Waals surface area contributed by atoms with Gasteiger partial charge in [-0.15, -0.1) is 0 Å². The summed E-state index contributed by atoms with van der Waals surface area (Å²) in [6.07, 6.45) is -17.7. The number of alkyl halides is 10. The normalized spacial score (nSPS) is 15.6. The lowest BCUT2D eigenvalue weighted by Gasteiger charge is -2.19. The van der Waals surface area contributed by atoms with Crippen LogP contribution in [-0.2, 0) is 19.4 Å². The number of hydrogen-bond donors (Lipinski definition) is 0. The van der Waals surface area contributed by atoms with Gasteiger partial charge in [-0.25, -0.2) is 45.7 Å². The van der Waals surface area contributed by atoms with Crippen LogP contribution < -0.4 is 0 Å². The van der Waals surface area contributed by atoms with E-state index in [0.717, 1.165) is 0 Å². The zero-order valence-corrected chi connectivity index (χ0v) is 9.72. The third-order valence-corrected chi connectivity index (χ3v) is 1.87. The van der Waals surface area contributed by atoms with Crippen LogP contribution in [0.15, 0.2) is 0 Å². The molecular formula is C8H4F10O4. The highest BCUT2D eigenvalue weighted by Gasteiger charge is 2.58. The maximum atomic E-state index is 12.6. The van der Waals surface area contributed by atoms with E-state index in [1.54, 1.807) is 0 Å². The summed E-state index contributed by atoms with van der Waals surface area (Å²) in [6.45, 7) is 0. The van der Waals surface area contributed by atoms with Gasteiger partial charge >= 0.3 is 23.8 Å². The molecule has 0 saturated carbocycles. The predicted molar refractivity (Wildman–Crippen MR) is 43.9 cm³/mol. The summed E-state index contributed by atoms with van der Waals surface area (Å²) in [5.41, 5.74) is 0. The summed E-state index contributed by atoms with van der Waals surface area (Å²) in [6, 6.07) is 0. The van der Waals surface area contributed by atoms with Gasteiger partial charge in [-0.3, -0.25) is 0 Å². The molecule has 0 aromatic heterocycles. The molecule has 0 aliphatic rings. The highest BCUT2D eigenvalue weighted by atomic mass is 19.3. The van der Waals surface area contributed by atoms with E-state index in [0.29, 0.717) is 0 Å². The number of carbonyl (C=O) groups excluding carboxylic acids is 2. The molecule has 0 spiro atoms. The molecule has 0 N–H and O–H groups in total. The molecule has 0 radical (unpaired) electrons. The zero-order valence-electron chi connectivity index (χ0n) is 9.72. The monoisotopic (exact) mass is 354 g/mol. The van der Waals surface area contributed by atoms with E-state index in [-0.39, 0.29) is 0 Å². The van der Waals surface area contributed by atoms with Crippen molar-refractivity contribution in [1.29, 1.82) is 0 Å². The van der Waals surface area contributed by atoms with Crippen molar-refractivity contribution < 1.29 is 63.3 Å². The number of rotatable bonds is 6. The maximum Gasteiger partial charge on any atom is 0.427 e. The van der Waals surface area contributed by atoms with Crippen LogP contribution in [-0.4, -0.2) is 49.0 Å². The van der Waals surface area contributed by atoms with Gasteiger partial charge in [0.1, 0.15) is 0 Å². The van der Waals surface area contributed by atoms with Crippen LogP contribution in [0, 0.1) is 0 Å². The van der Waals surface area contributed by atoms with Gasteiger partial charge in [-0.2, -0.15) is 17.6 Å². The molecule has 0 rings (SSSR count). The molecule has 130 valence electrons. The van der Waals surface area contributed by atoms with Crippen molar-refractivity contribution in [2.45, 2.75) is 37.0 Å². The topological polar surface area (TPSA) is 52.6 Å². The number of hydrogen-bond acceptors (Lipinski definition) is 4. The molecule has 22 heavy (non-hydrogen) atoms. The zero-order chi connectivity index (χ0) is 17.9. The molecule has 0 fully saturated rings. The van der Waals surface area contributed by atoms with E-state index >= 15 is 0 Å². The van der Waals surface area contributed by atoms with Gasteiger partial charge in [0.05, 0.1) is 0 Å². The minimum atomic E-state index is -5.61. The first kappa shape index (κ1) is 20.2. The highest BCUT2D eigenvalue weighted by molar-refractivity contribution is 5.81. The van der Waals surface area contributed by atoms with Crippen molar-refractivity contribution in [2.24, 2.45) is 0 Å². The van der Waals surface area contributed by atoms with Gasteiger partial charge < -0.3 is 0 Å². The molecule has 2 atom stereocenters. The molecular weight excluding hydrogens is 350 g/mol. The Balaban J connectivity index is 4.81. The van der Waals surface area contributed by atoms with Crippen LogP contribution in [0.4, 0.5) is 43.9 Å². The second-order valence-electron chi connectivity index (χ2n) is 3.46. The lowest BCUT2D eigenvalue weighted by atomic mass is 10.2. The largest absolute Gasteiger partial charge is 0.427 e. The van der Waals surface area contributed by atoms with E-state index in [1.807, 2.05) is 0 Å². The Labute approximate surface area is 113 Å². The Morgan fingerprint density at radius 2 is 0.864 bits per heavy atom. The lowest BCUT2D eigenvalue weighted by molar-refractivity contribution is -0.296. The SMILES string of the molecule is O=C(OOC(=O)C(F)(F)C(F)C(F)F)C(F)(F)C(F)C(F)F. The van der Waals surface area contributed by atoms with E-state index in [1.165, 1.54) is 0 Å². The summed E-state index contributed by atoms with van der Waals surface area (Å²) in [5, 5.41) is 0. The Morgan fingerprint density at radius 1 is 0.636 bits per heavy atom. The molecule has 0 aliphatic carbocycles. The predicted octanol–water partition coefficient (Wildman–Crippen LogP) is 2.46. The maximum absolute atomic E-state index is 12.6. The summed E-state index contributed by atoms with van der Waals surface area (Å²) in [4.78, 5) is 26.2. The first-order valence-electron chi connectivity index (χ1n) is 4.79. The van der Waals surface area contributed by atoms with Crippen LogP contribution in [0.2, 0.25) is 0 Å². The average Bonchev–Trinajstić information content (AvgIpc) is 2.41. The number of halogens is 10. The van der Waals surface area contributed by atoms with Crippen LogP contribution >= 0.6 is 0 Å². The minimum absolute atomic E-state index is 2.65. The van der Waals surface area contributed by atoms with Gasteiger partial charge in [0.15, 0.2) is 0 Å². The smallest absolute Gasteiger partial charge is 0.240 e. The molecule has 0 amide bonds. The fraction of sp³-hybridized carbons (Fsp3) is 0.750. The van der Waals surface area contributed by atoms with Crippen molar-refractivity contribution in [3.63, 3.8) is 0 Å². The molecule has 0 aliphatic heterocycles. The first-order valence-corrected chi connectivity index (χ1v) is 4.79. The Bertz CT molecular complexity index is 374. The van der Waals surface area contributed by atoms with Gasteiger partial charge in [0.2, 0.25) is 12.3 Å². The van der Waals surface area contributed by atoms with E-state index in [2.05, 4.69) is 9.78 Å². The summed E-state index contributed by atoms with van der Waals surface area (Å²) >= 11 is 0. The van der Waals surface area contributed by atoms with Gasteiger partial charge in [0, 0.05) is 0 Å². The van der Waals surface area contributed by atoms with Crippen molar-refractivity contribution in [3.05, 3.63) is 0 Å². The third kappa shape index (κ3) is 4.37. The Hall–Kier alpha value is -1.76. The third-order valence-electron chi connectivity index (χ3n) is 1.87. The van der Waals surface area contributed by atoms with Gasteiger partial charge in [-0.1, -0.05) is 0 Å². The molecule has 4 nitrogen and oxygen atoms in total. The molecule has 14 heteroatoms. The van der Waals surface area contributed by atoms with Crippen molar-refractivity contribution in [2.75, 3.05) is 0 Å². The molecule has 2 unspecified atom stereocenters. The molecule has 0 heterocycles. The van der Waals surface area contributed by atoms with E-state index < -0.39 is 49.0 Å². The Morgan fingerprint density at radius 3 is 1.05 bits per heavy atom. The second-order valence-corrected chi connectivity index (χ2v) is 3.46. The Kier molecular flexibility index (Phi) is 6.44. The number of carbonyl (C=O) groups is 2. The minimum Gasteiger partial charge on any atom is -0.240 e. The van der Waals surface area contributed by atoms with Gasteiger partial charge in [-0.05, 0) is 0 Å². The lowest BCUT2D eigenvalue weighted by Crippen LogP contribution is -2.47. The van der Waals surface area contributed by atoms with Crippen LogP contribution in [0.3, 0.4) is 0 Å². The van der Waals surface area contributed by atoms with Crippen LogP contribution in [0.5, 0.6) is 0 Å². The fourth-order valence-corrected chi connectivity index (χ4v) is 0.728. The van der Waals surface area contributed by atoms with Crippen molar-refractivity contribution in [1.82, 2.24) is 0 Å². The summed E-state index contributed by atoms with van der Waals surface area (Å²) in [5.74, 6) is -17.9. The van der Waals surface area contributed by atoms with E-state index in [4.69, 9.17) is 0 Å². The van der Waals surface area contributed by atoms with Crippen LogP contribution in [0.25, 0.3) is 0 Å². The summed E-state index contributed by atoms with van der Waals surface area (Å²) < 4.78 is 122.